The summed E-state index contributed by atoms with van der Waals surface area (Å²) in [5.74, 6) is 1.52. The molecule has 0 saturated carbocycles. The normalized spacial score (nSPS) is 13.9. The van der Waals surface area contributed by atoms with Gasteiger partial charge in [0.05, 0.1) is 6.26 Å². The summed E-state index contributed by atoms with van der Waals surface area (Å²) in [6, 6.07) is 15.0. The van der Waals surface area contributed by atoms with Crippen molar-refractivity contribution in [1.29, 1.82) is 0 Å². The smallest absolute Gasteiger partial charge is 0.286 e. The van der Waals surface area contributed by atoms with E-state index in [1.165, 1.54) is 6.26 Å². The zero-order chi connectivity index (χ0) is 20.8. The predicted octanol–water partition coefficient (Wildman–Crippen LogP) is 2.21. The van der Waals surface area contributed by atoms with Crippen LogP contribution in [-0.2, 0) is 4.79 Å². The first-order chi connectivity index (χ1) is 14.7. The number of nitrogens with one attached hydrogen (secondary N) is 1. The van der Waals surface area contributed by atoms with Gasteiger partial charge in [-0.05, 0) is 18.2 Å². The number of furan rings is 1. The van der Waals surface area contributed by atoms with Crippen LogP contribution in [0, 0.1) is 0 Å². The molecule has 0 atom stereocenters. The third kappa shape index (κ3) is 4.65. The minimum Gasteiger partial charge on any atom is -0.459 e. The van der Waals surface area contributed by atoms with Gasteiger partial charge < -0.3 is 19.5 Å². The number of hydrogen-bond donors (Lipinski definition) is 1. The summed E-state index contributed by atoms with van der Waals surface area (Å²) in [5.41, 5.74) is 0.977. The molecule has 0 unspecified atom stereocenters. The maximum atomic E-state index is 12.5. The molecule has 4 rings (SSSR count). The number of carbonyl (C=O) groups excluding carboxylic acids is 2. The molecule has 2 amide bonds. The summed E-state index contributed by atoms with van der Waals surface area (Å²) in [6.07, 6.45) is 3.47. The maximum absolute atomic E-state index is 12.5. The number of anilines is 1. The summed E-state index contributed by atoms with van der Waals surface area (Å²) in [7, 11) is 0. The molecule has 3 heterocycles. The van der Waals surface area contributed by atoms with Crippen LogP contribution in [0.3, 0.4) is 0 Å². The Labute approximate surface area is 174 Å². The SMILES string of the molecule is O=C(NCCC(=O)N1CCN(c2ccnc(-c3ccccc3)n2)CC1)c1ccco1. The van der Waals surface area contributed by atoms with Crippen LogP contribution < -0.4 is 10.2 Å². The Morgan fingerprint density at radius 3 is 2.53 bits per heavy atom. The van der Waals surface area contributed by atoms with Gasteiger partial charge in [0.15, 0.2) is 11.6 Å². The van der Waals surface area contributed by atoms with Crippen LogP contribution in [0.5, 0.6) is 0 Å². The van der Waals surface area contributed by atoms with E-state index in [9.17, 15) is 9.59 Å². The Bertz CT molecular complexity index is 983. The number of nitrogens with zero attached hydrogens (tertiary/aromatic N) is 4. The Morgan fingerprint density at radius 2 is 1.80 bits per heavy atom. The molecule has 0 bridgehead atoms. The van der Waals surface area contributed by atoms with Gasteiger partial charge in [-0.2, -0.15) is 0 Å². The molecule has 8 heteroatoms. The molecule has 30 heavy (non-hydrogen) atoms. The lowest BCUT2D eigenvalue weighted by atomic mass is 10.2. The van der Waals surface area contributed by atoms with E-state index < -0.39 is 0 Å². The number of carbonyl (C=O) groups is 2. The van der Waals surface area contributed by atoms with Crippen molar-refractivity contribution >= 4 is 17.6 Å². The van der Waals surface area contributed by atoms with Gasteiger partial charge in [-0.1, -0.05) is 30.3 Å². The highest BCUT2D eigenvalue weighted by molar-refractivity contribution is 5.91. The first-order valence-corrected chi connectivity index (χ1v) is 9.93. The van der Waals surface area contributed by atoms with Crippen molar-refractivity contribution in [3.63, 3.8) is 0 Å². The van der Waals surface area contributed by atoms with E-state index in [2.05, 4.69) is 20.2 Å². The second-order valence-corrected chi connectivity index (χ2v) is 6.96. The molecule has 1 aliphatic heterocycles. The predicted molar refractivity (Wildman–Crippen MR) is 112 cm³/mol. The fourth-order valence-corrected chi connectivity index (χ4v) is 3.37. The van der Waals surface area contributed by atoms with E-state index in [1.807, 2.05) is 41.3 Å². The molecular formula is C22H23N5O3. The zero-order valence-electron chi connectivity index (χ0n) is 16.5. The van der Waals surface area contributed by atoms with Crippen LogP contribution in [0.1, 0.15) is 17.0 Å². The van der Waals surface area contributed by atoms with Crippen molar-refractivity contribution in [2.45, 2.75) is 6.42 Å². The highest BCUT2D eigenvalue weighted by Gasteiger charge is 2.22. The van der Waals surface area contributed by atoms with Crippen molar-refractivity contribution in [1.82, 2.24) is 20.2 Å². The van der Waals surface area contributed by atoms with Crippen LogP contribution >= 0.6 is 0 Å². The zero-order valence-corrected chi connectivity index (χ0v) is 16.5. The van der Waals surface area contributed by atoms with Gasteiger partial charge in [0, 0.05) is 50.9 Å². The number of piperazine rings is 1. The van der Waals surface area contributed by atoms with Crippen molar-refractivity contribution in [2.75, 3.05) is 37.6 Å². The maximum Gasteiger partial charge on any atom is 0.286 e. The van der Waals surface area contributed by atoms with E-state index >= 15 is 0 Å². The molecule has 0 aliphatic carbocycles. The van der Waals surface area contributed by atoms with Crippen LogP contribution in [0.2, 0.25) is 0 Å². The average Bonchev–Trinajstić information content (AvgIpc) is 3.35. The topological polar surface area (TPSA) is 91.6 Å². The van der Waals surface area contributed by atoms with Crippen LogP contribution in [0.15, 0.2) is 65.4 Å². The summed E-state index contributed by atoms with van der Waals surface area (Å²) in [6.45, 7) is 2.93. The number of benzene rings is 1. The summed E-state index contributed by atoms with van der Waals surface area (Å²) in [4.78, 5) is 37.3. The number of aromatic nitrogens is 2. The number of amides is 2. The summed E-state index contributed by atoms with van der Waals surface area (Å²) < 4.78 is 5.04. The van der Waals surface area contributed by atoms with Crippen LogP contribution in [0.25, 0.3) is 11.4 Å². The molecule has 0 radical (unpaired) electrons. The lowest BCUT2D eigenvalue weighted by molar-refractivity contribution is -0.131. The van der Waals surface area contributed by atoms with Gasteiger partial charge in [-0.25, -0.2) is 9.97 Å². The van der Waals surface area contributed by atoms with Gasteiger partial charge in [-0.15, -0.1) is 0 Å². The van der Waals surface area contributed by atoms with Gasteiger partial charge in [0.25, 0.3) is 5.91 Å². The standard InChI is InChI=1S/C22H23N5O3/c28-20(9-11-24-22(29)18-7-4-16-30-18)27-14-12-26(13-15-27)19-8-10-23-21(25-19)17-5-2-1-3-6-17/h1-8,10,16H,9,11-15H2,(H,24,29). The highest BCUT2D eigenvalue weighted by Crippen LogP contribution is 2.19. The summed E-state index contributed by atoms with van der Waals surface area (Å²) >= 11 is 0. The van der Waals surface area contributed by atoms with Crippen molar-refractivity contribution in [3.8, 4) is 11.4 Å². The van der Waals surface area contributed by atoms with Gasteiger partial charge in [0.1, 0.15) is 5.82 Å². The summed E-state index contributed by atoms with van der Waals surface area (Å²) in [5, 5.41) is 2.70. The van der Waals surface area contributed by atoms with Crippen molar-refractivity contribution in [2.24, 2.45) is 0 Å². The van der Waals surface area contributed by atoms with E-state index in [0.717, 1.165) is 11.4 Å². The number of hydrogen-bond acceptors (Lipinski definition) is 6. The first kappa shape index (κ1) is 19.6. The molecule has 0 spiro atoms. The van der Waals surface area contributed by atoms with Crippen LogP contribution in [-0.4, -0.2) is 59.4 Å². The van der Waals surface area contributed by atoms with Gasteiger partial charge in [-0.3, -0.25) is 9.59 Å². The largest absolute Gasteiger partial charge is 0.459 e. The Kier molecular flexibility index (Phi) is 6.03. The molecule has 1 fully saturated rings. The molecule has 154 valence electrons. The fourth-order valence-electron chi connectivity index (χ4n) is 3.37. The minimum atomic E-state index is -0.310. The number of rotatable bonds is 6. The molecule has 8 nitrogen and oxygen atoms in total. The highest BCUT2D eigenvalue weighted by atomic mass is 16.3. The Balaban J connectivity index is 1.26. The third-order valence-electron chi connectivity index (χ3n) is 5.00. The minimum absolute atomic E-state index is 0.0297. The third-order valence-corrected chi connectivity index (χ3v) is 5.00. The Morgan fingerprint density at radius 1 is 1.00 bits per heavy atom. The molecular weight excluding hydrogens is 382 g/mol. The second-order valence-electron chi connectivity index (χ2n) is 6.96. The lowest BCUT2D eigenvalue weighted by Crippen LogP contribution is -2.49. The van der Waals surface area contributed by atoms with Gasteiger partial charge >= 0.3 is 0 Å². The van der Waals surface area contributed by atoms with Crippen LogP contribution in [0.4, 0.5) is 5.82 Å². The molecule has 2 aromatic heterocycles. The van der Waals surface area contributed by atoms with Crippen molar-refractivity contribution < 1.29 is 14.0 Å². The van der Waals surface area contributed by atoms with E-state index in [0.29, 0.717) is 32.0 Å². The average molecular weight is 405 g/mol. The lowest BCUT2D eigenvalue weighted by Gasteiger charge is -2.35. The van der Waals surface area contributed by atoms with E-state index in [-0.39, 0.29) is 30.5 Å². The van der Waals surface area contributed by atoms with E-state index in [1.54, 1.807) is 18.3 Å². The first-order valence-electron chi connectivity index (χ1n) is 9.93. The molecule has 1 N–H and O–H groups in total. The molecule has 1 aliphatic rings. The quantitative estimate of drug-likeness (QED) is 0.676. The molecule has 3 aromatic rings. The molecule has 1 aromatic carbocycles. The van der Waals surface area contributed by atoms with E-state index in [4.69, 9.17) is 4.42 Å². The van der Waals surface area contributed by atoms with Crippen molar-refractivity contribution in [3.05, 3.63) is 66.8 Å². The van der Waals surface area contributed by atoms with Gasteiger partial charge in [0.2, 0.25) is 5.91 Å². The molecule has 1 saturated heterocycles. The second kappa shape index (κ2) is 9.21. The monoisotopic (exact) mass is 405 g/mol. The Hall–Kier alpha value is -3.68. The fraction of sp³-hybridized carbons (Fsp3) is 0.273.